The summed E-state index contributed by atoms with van der Waals surface area (Å²) < 4.78 is 5.53. The third kappa shape index (κ3) is 6.37. The zero-order chi connectivity index (χ0) is 18.9. The summed E-state index contributed by atoms with van der Waals surface area (Å²) in [5, 5.41) is 9.96. The molecule has 1 heterocycles. The van der Waals surface area contributed by atoms with Gasteiger partial charge in [-0.05, 0) is 31.7 Å². The lowest BCUT2D eigenvalue weighted by Gasteiger charge is -2.22. The van der Waals surface area contributed by atoms with E-state index in [1.165, 1.54) is 6.92 Å². The molecule has 5 heteroatoms. The Morgan fingerprint density at radius 2 is 1.73 bits per heavy atom. The van der Waals surface area contributed by atoms with E-state index in [4.69, 9.17) is 4.74 Å². The van der Waals surface area contributed by atoms with Crippen LogP contribution in [0.3, 0.4) is 0 Å². The smallest absolute Gasteiger partial charge is 0.306 e. The van der Waals surface area contributed by atoms with Crippen LogP contribution < -0.4 is 0 Å². The minimum absolute atomic E-state index is 0.0753. The second-order valence-corrected chi connectivity index (χ2v) is 7.07. The number of aliphatic hydroxyl groups is 1. The van der Waals surface area contributed by atoms with Gasteiger partial charge < -0.3 is 9.84 Å². The summed E-state index contributed by atoms with van der Waals surface area (Å²) in [5.41, 5.74) is 1.70. The average molecular weight is 360 g/mol. The van der Waals surface area contributed by atoms with Crippen LogP contribution in [0, 0.1) is 0 Å². The molecule has 0 fully saturated rings. The van der Waals surface area contributed by atoms with Crippen molar-refractivity contribution in [2.45, 2.75) is 76.9 Å². The first-order valence-electron chi connectivity index (χ1n) is 9.45. The molecule has 0 radical (unpaired) electrons. The van der Waals surface area contributed by atoms with E-state index >= 15 is 0 Å². The Balaban J connectivity index is 2.25. The van der Waals surface area contributed by atoms with Crippen LogP contribution in [0.25, 0.3) is 0 Å². The first-order chi connectivity index (χ1) is 12.5. The molecule has 2 rings (SSSR count). The number of esters is 1. The SMILES string of the molecule is CC(=O)C[C@@H](O)CC(=O)[C@H]1OC(=O)CCCCCCCc2ccccc21. The molecular weight excluding hydrogens is 332 g/mol. The number of carbonyl (C=O) groups is 3. The number of hydrogen-bond acceptors (Lipinski definition) is 5. The van der Waals surface area contributed by atoms with Gasteiger partial charge in [-0.3, -0.25) is 14.4 Å². The Labute approximate surface area is 154 Å². The highest BCUT2D eigenvalue weighted by Crippen LogP contribution is 2.27. The number of aliphatic hydroxyl groups excluding tert-OH is 1. The number of benzene rings is 1. The van der Waals surface area contributed by atoms with Crippen LogP contribution in [0.4, 0.5) is 0 Å². The maximum Gasteiger partial charge on any atom is 0.306 e. The van der Waals surface area contributed by atoms with Gasteiger partial charge in [0.15, 0.2) is 11.9 Å². The highest BCUT2D eigenvalue weighted by molar-refractivity contribution is 5.88. The van der Waals surface area contributed by atoms with Crippen molar-refractivity contribution >= 4 is 17.5 Å². The predicted molar refractivity (Wildman–Crippen MR) is 97.6 cm³/mol. The monoisotopic (exact) mass is 360 g/mol. The first kappa shape index (κ1) is 20.3. The first-order valence-corrected chi connectivity index (χ1v) is 9.45. The van der Waals surface area contributed by atoms with Gasteiger partial charge in [-0.25, -0.2) is 0 Å². The molecule has 0 bridgehead atoms. The molecule has 0 saturated carbocycles. The Bertz CT molecular complexity index is 637. The Hall–Kier alpha value is -2.01. The highest BCUT2D eigenvalue weighted by atomic mass is 16.5. The highest BCUT2D eigenvalue weighted by Gasteiger charge is 2.28. The molecule has 0 spiro atoms. The Morgan fingerprint density at radius 3 is 2.46 bits per heavy atom. The van der Waals surface area contributed by atoms with Crippen LogP contribution in [0.2, 0.25) is 0 Å². The average Bonchev–Trinajstić information content (AvgIpc) is 2.57. The lowest BCUT2D eigenvalue weighted by atomic mass is 9.92. The van der Waals surface area contributed by atoms with Crippen molar-refractivity contribution in [3.63, 3.8) is 0 Å². The zero-order valence-corrected chi connectivity index (χ0v) is 15.4. The van der Waals surface area contributed by atoms with Gasteiger partial charge >= 0.3 is 5.97 Å². The molecule has 0 aromatic heterocycles. The summed E-state index contributed by atoms with van der Waals surface area (Å²) in [6.07, 6.45) is 3.73. The molecule has 26 heavy (non-hydrogen) atoms. The fraction of sp³-hybridized carbons (Fsp3) is 0.571. The Morgan fingerprint density at radius 1 is 1.08 bits per heavy atom. The molecule has 1 aliphatic heterocycles. The van der Waals surface area contributed by atoms with Crippen molar-refractivity contribution in [1.29, 1.82) is 0 Å². The number of rotatable bonds is 5. The number of ketones is 2. The second-order valence-electron chi connectivity index (χ2n) is 7.07. The normalized spacial score (nSPS) is 20.1. The van der Waals surface area contributed by atoms with Gasteiger partial charge in [0.2, 0.25) is 0 Å². The lowest BCUT2D eigenvalue weighted by Crippen LogP contribution is -2.26. The van der Waals surface area contributed by atoms with Crippen molar-refractivity contribution in [3.05, 3.63) is 35.4 Å². The zero-order valence-electron chi connectivity index (χ0n) is 15.4. The molecule has 0 saturated heterocycles. The number of Topliss-reactive ketones (excluding diaryl/α,β-unsaturated/α-hetero) is 2. The van der Waals surface area contributed by atoms with Crippen molar-refractivity contribution in [1.82, 2.24) is 0 Å². The second kappa shape index (κ2) is 10.2. The summed E-state index contributed by atoms with van der Waals surface area (Å²) in [4.78, 5) is 36.1. The topological polar surface area (TPSA) is 80.7 Å². The lowest BCUT2D eigenvalue weighted by molar-refractivity contribution is -0.156. The molecule has 1 aromatic carbocycles. The van der Waals surface area contributed by atoms with E-state index in [-0.39, 0.29) is 30.4 Å². The summed E-state index contributed by atoms with van der Waals surface area (Å²) in [6.45, 7) is 1.37. The van der Waals surface area contributed by atoms with E-state index in [1.54, 1.807) is 0 Å². The molecule has 0 amide bonds. The third-order valence-corrected chi connectivity index (χ3v) is 4.67. The summed E-state index contributed by atoms with van der Waals surface area (Å²) in [7, 11) is 0. The minimum Gasteiger partial charge on any atom is -0.449 e. The predicted octanol–water partition coefficient (Wildman–Crippen LogP) is 3.47. The number of aryl methyl sites for hydroxylation is 1. The Kier molecular flexibility index (Phi) is 7.98. The number of hydrogen-bond donors (Lipinski definition) is 1. The molecule has 0 unspecified atom stereocenters. The molecule has 0 aliphatic carbocycles. The summed E-state index contributed by atoms with van der Waals surface area (Å²) >= 11 is 0. The maximum absolute atomic E-state index is 12.8. The quantitative estimate of drug-likeness (QED) is 0.813. The third-order valence-electron chi connectivity index (χ3n) is 4.67. The molecule has 5 nitrogen and oxygen atoms in total. The molecule has 142 valence electrons. The van der Waals surface area contributed by atoms with Gasteiger partial charge in [0.25, 0.3) is 0 Å². The number of fused-ring (bicyclic) bond motifs is 1. The van der Waals surface area contributed by atoms with Crippen LogP contribution in [0.1, 0.15) is 75.5 Å². The van der Waals surface area contributed by atoms with Crippen molar-refractivity contribution in [2.24, 2.45) is 0 Å². The van der Waals surface area contributed by atoms with E-state index in [0.717, 1.165) is 44.1 Å². The van der Waals surface area contributed by atoms with Crippen LogP contribution >= 0.6 is 0 Å². The van der Waals surface area contributed by atoms with Crippen LogP contribution in [0.15, 0.2) is 24.3 Å². The van der Waals surface area contributed by atoms with Crippen molar-refractivity contribution in [2.75, 3.05) is 0 Å². The van der Waals surface area contributed by atoms with E-state index in [2.05, 4.69) is 0 Å². The fourth-order valence-corrected chi connectivity index (χ4v) is 3.37. The number of cyclic esters (lactones) is 1. The van der Waals surface area contributed by atoms with Crippen LogP contribution in [-0.4, -0.2) is 28.7 Å². The van der Waals surface area contributed by atoms with E-state index < -0.39 is 12.2 Å². The van der Waals surface area contributed by atoms with Gasteiger partial charge in [-0.2, -0.15) is 0 Å². The van der Waals surface area contributed by atoms with Gasteiger partial charge in [0.1, 0.15) is 5.78 Å². The van der Waals surface area contributed by atoms with E-state index in [1.807, 2.05) is 24.3 Å². The molecule has 1 N–H and O–H groups in total. The minimum atomic E-state index is -1.05. The molecule has 1 aliphatic rings. The van der Waals surface area contributed by atoms with E-state index in [0.29, 0.717) is 12.0 Å². The molecule has 2 atom stereocenters. The number of ether oxygens (including phenoxy) is 1. The van der Waals surface area contributed by atoms with Gasteiger partial charge in [-0.15, -0.1) is 0 Å². The van der Waals surface area contributed by atoms with E-state index in [9.17, 15) is 19.5 Å². The van der Waals surface area contributed by atoms with Crippen LogP contribution in [0.5, 0.6) is 0 Å². The van der Waals surface area contributed by atoms with Gasteiger partial charge in [0, 0.05) is 24.8 Å². The maximum atomic E-state index is 12.8. The standard InChI is InChI=1S/C21H28O5/c1-15(22)13-17(23)14-19(24)21-18-11-8-7-10-16(18)9-5-3-2-4-6-12-20(25)26-21/h7-8,10-11,17,21,23H,2-6,9,12-14H2,1H3/t17-,21+/m1/s1. The van der Waals surface area contributed by atoms with Crippen molar-refractivity contribution in [3.8, 4) is 0 Å². The molecular formula is C21H28O5. The van der Waals surface area contributed by atoms with Gasteiger partial charge in [-0.1, -0.05) is 43.5 Å². The van der Waals surface area contributed by atoms with Gasteiger partial charge in [0.05, 0.1) is 6.10 Å². The molecule has 1 aromatic rings. The largest absolute Gasteiger partial charge is 0.449 e. The summed E-state index contributed by atoms with van der Waals surface area (Å²) in [6, 6.07) is 7.51. The number of carbonyl (C=O) groups excluding carboxylic acids is 3. The van der Waals surface area contributed by atoms with Crippen LogP contribution in [-0.2, 0) is 25.5 Å². The van der Waals surface area contributed by atoms with Crippen molar-refractivity contribution < 1.29 is 24.2 Å². The fourth-order valence-electron chi connectivity index (χ4n) is 3.37. The summed E-state index contributed by atoms with van der Waals surface area (Å²) in [5.74, 6) is -0.933.